The van der Waals surface area contributed by atoms with Gasteiger partial charge in [0.2, 0.25) is 5.60 Å². The van der Waals surface area contributed by atoms with Crippen molar-refractivity contribution < 1.29 is 43.2 Å². The summed E-state index contributed by atoms with van der Waals surface area (Å²) in [6, 6.07) is 14.9. The molecule has 0 amide bonds. The summed E-state index contributed by atoms with van der Waals surface area (Å²) in [5.41, 5.74) is -0.958. The second-order valence-corrected chi connectivity index (χ2v) is 8.73. The molecule has 35 heavy (non-hydrogen) atoms. The Hall–Kier alpha value is -3.88. The van der Waals surface area contributed by atoms with Crippen molar-refractivity contribution in [2.45, 2.75) is 50.4 Å². The minimum atomic E-state index is -1.40. The fourth-order valence-electron chi connectivity index (χ4n) is 4.79. The first kappa shape index (κ1) is 24.3. The van der Waals surface area contributed by atoms with Crippen molar-refractivity contribution in [3.63, 3.8) is 0 Å². The largest absolute Gasteiger partial charge is 0.493 e. The minimum absolute atomic E-state index is 0.0608. The maximum absolute atomic E-state index is 12.8. The molecule has 2 aromatic carbocycles. The maximum atomic E-state index is 12.8. The zero-order valence-electron chi connectivity index (χ0n) is 19.2. The van der Waals surface area contributed by atoms with Crippen LogP contribution in [0.1, 0.15) is 53.3 Å². The van der Waals surface area contributed by atoms with Crippen LogP contribution in [0.2, 0.25) is 0 Å². The molecule has 184 valence electrons. The lowest BCUT2D eigenvalue weighted by molar-refractivity contribution is -0.172. The second kappa shape index (κ2) is 10.2. The molecular formula is C26H26O9. The fraction of sp³-hybridized carbons (Fsp3) is 0.385. The highest BCUT2D eigenvalue weighted by Crippen LogP contribution is 2.46. The summed E-state index contributed by atoms with van der Waals surface area (Å²) in [7, 11) is 0. The number of carbonyl (C=O) groups excluding carboxylic acids is 3. The van der Waals surface area contributed by atoms with Crippen LogP contribution in [0.5, 0.6) is 5.75 Å². The van der Waals surface area contributed by atoms with Crippen LogP contribution in [0.3, 0.4) is 0 Å². The number of benzene rings is 2. The summed E-state index contributed by atoms with van der Waals surface area (Å²) in [4.78, 5) is 48.5. The molecule has 0 aromatic heterocycles. The van der Waals surface area contributed by atoms with Gasteiger partial charge in [0.1, 0.15) is 23.5 Å². The Kier molecular flexibility index (Phi) is 7.04. The predicted octanol–water partition coefficient (Wildman–Crippen LogP) is 3.41. The van der Waals surface area contributed by atoms with Crippen molar-refractivity contribution >= 4 is 23.9 Å². The minimum Gasteiger partial charge on any atom is -0.493 e. The molecule has 1 N–H and O–H groups in total. The van der Waals surface area contributed by atoms with E-state index in [1.54, 1.807) is 48.5 Å². The number of hydrogen-bond acceptors (Lipinski definition) is 8. The average molecular weight is 482 g/mol. The van der Waals surface area contributed by atoms with E-state index in [0.717, 1.165) is 0 Å². The Morgan fingerprint density at radius 1 is 1.06 bits per heavy atom. The second-order valence-electron chi connectivity index (χ2n) is 8.73. The number of carboxylic acid groups (broad SMARTS) is 1. The van der Waals surface area contributed by atoms with Gasteiger partial charge in [-0.2, -0.15) is 0 Å². The smallest absolute Gasteiger partial charge is 0.351 e. The molecule has 4 atom stereocenters. The maximum Gasteiger partial charge on any atom is 0.351 e. The highest BCUT2D eigenvalue weighted by atomic mass is 16.6. The quantitative estimate of drug-likeness (QED) is 0.325. The van der Waals surface area contributed by atoms with E-state index in [1.165, 1.54) is 13.0 Å². The van der Waals surface area contributed by atoms with E-state index in [1.807, 2.05) is 0 Å². The standard InChI is InChI=1S/C26H26O9/c1-16(27)35-26-14-18(10-7-13-32-20-12-6-5-11-19(20)23(28)29)22(21(15-26)33-25(26)31)34-24(30)17-8-3-2-4-9-17/h2-6,8-9,11-12,18,21-22H,7,10,13-15H2,1H3,(H,28,29)/t18-,21+,22+,26-/m0/s1. The van der Waals surface area contributed by atoms with Gasteiger partial charge in [0.25, 0.3) is 0 Å². The van der Waals surface area contributed by atoms with Gasteiger partial charge in [-0.05, 0) is 37.1 Å². The van der Waals surface area contributed by atoms with Gasteiger partial charge in [0.15, 0.2) is 0 Å². The summed E-state index contributed by atoms with van der Waals surface area (Å²) < 4.78 is 22.4. The van der Waals surface area contributed by atoms with E-state index in [0.29, 0.717) is 18.4 Å². The summed E-state index contributed by atoms with van der Waals surface area (Å²) >= 11 is 0. The molecule has 9 nitrogen and oxygen atoms in total. The highest BCUT2D eigenvalue weighted by molar-refractivity contribution is 5.91. The summed E-state index contributed by atoms with van der Waals surface area (Å²) in [6.45, 7) is 1.44. The van der Waals surface area contributed by atoms with Crippen LogP contribution in [0.4, 0.5) is 0 Å². The van der Waals surface area contributed by atoms with Crippen molar-refractivity contribution in [3.05, 3.63) is 65.7 Å². The van der Waals surface area contributed by atoms with Crippen LogP contribution in [-0.4, -0.2) is 53.4 Å². The number of para-hydroxylation sites is 1. The Balaban J connectivity index is 1.47. The molecule has 2 aliphatic rings. The molecule has 1 saturated heterocycles. The van der Waals surface area contributed by atoms with Gasteiger partial charge in [-0.3, -0.25) is 4.79 Å². The molecule has 0 radical (unpaired) electrons. The molecule has 9 heteroatoms. The molecule has 1 heterocycles. The highest BCUT2D eigenvalue weighted by Gasteiger charge is 2.61. The van der Waals surface area contributed by atoms with Crippen LogP contribution in [-0.2, 0) is 23.8 Å². The number of aromatic carboxylic acids is 1. The van der Waals surface area contributed by atoms with Gasteiger partial charge in [0.05, 0.1) is 12.2 Å². The number of fused-ring (bicyclic) bond motifs is 2. The zero-order valence-corrected chi connectivity index (χ0v) is 19.2. The monoisotopic (exact) mass is 482 g/mol. The van der Waals surface area contributed by atoms with Crippen LogP contribution >= 0.6 is 0 Å². The molecule has 2 aromatic rings. The first-order valence-electron chi connectivity index (χ1n) is 11.4. The molecule has 1 saturated carbocycles. The predicted molar refractivity (Wildman–Crippen MR) is 121 cm³/mol. The van der Waals surface area contributed by atoms with Crippen molar-refractivity contribution in [3.8, 4) is 5.75 Å². The van der Waals surface area contributed by atoms with E-state index < -0.39 is 41.7 Å². The average Bonchev–Trinajstić information content (AvgIpc) is 3.09. The van der Waals surface area contributed by atoms with Gasteiger partial charge in [-0.15, -0.1) is 0 Å². The first-order valence-corrected chi connectivity index (χ1v) is 11.4. The number of rotatable bonds is 9. The third-order valence-corrected chi connectivity index (χ3v) is 6.27. The lowest BCUT2D eigenvalue weighted by Gasteiger charge is -2.38. The third-order valence-electron chi connectivity index (χ3n) is 6.27. The summed E-state index contributed by atoms with van der Waals surface area (Å²) in [5, 5.41) is 9.31. The van der Waals surface area contributed by atoms with Crippen LogP contribution in [0.25, 0.3) is 0 Å². The Bertz CT molecular complexity index is 1110. The van der Waals surface area contributed by atoms with Crippen molar-refractivity contribution in [2.75, 3.05) is 6.61 Å². The molecule has 1 aliphatic heterocycles. The van der Waals surface area contributed by atoms with E-state index in [9.17, 15) is 24.3 Å². The van der Waals surface area contributed by atoms with E-state index in [2.05, 4.69) is 0 Å². The first-order chi connectivity index (χ1) is 16.8. The SMILES string of the molecule is CC(=O)O[C@@]12C[C@H](CCCOc3ccccc3C(=O)O)[C@@H](OC(=O)c3ccccc3)[C@@H](C1)OC2=O. The number of carbonyl (C=O) groups is 4. The third kappa shape index (κ3) is 5.29. The number of carboxylic acids is 1. The van der Waals surface area contributed by atoms with E-state index >= 15 is 0 Å². The molecule has 2 bridgehead atoms. The van der Waals surface area contributed by atoms with Gasteiger partial charge < -0.3 is 24.1 Å². The Labute approximate surface area is 201 Å². The van der Waals surface area contributed by atoms with Crippen molar-refractivity contribution in [1.82, 2.24) is 0 Å². The zero-order chi connectivity index (χ0) is 25.0. The van der Waals surface area contributed by atoms with Crippen LogP contribution < -0.4 is 4.74 Å². The fourth-order valence-corrected chi connectivity index (χ4v) is 4.79. The Morgan fingerprint density at radius 2 is 1.77 bits per heavy atom. The number of hydrogen-bond donors (Lipinski definition) is 1. The van der Waals surface area contributed by atoms with E-state index in [-0.39, 0.29) is 36.7 Å². The van der Waals surface area contributed by atoms with Crippen molar-refractivity contribution in [1.29, 1.82) is 0 Å². The lowest BCUT2D eigenvalue weighted by atomic mass is 9.74. The summed E-state index contributed by atoms with van der Waals surface area (Å²) in [5.74, 6) is -2.93. The number of esters is 3. The number of ether oxygens (including phenoxy) is 4. The molecule has 4 rings (SSSR count). The van der Waals surface area contributed by atoms with Gasteiger partial charge in [0, 0.05) is 25.7 Å². The van der Waals surface area contributed by atoms with Crippen LogP contribution in [0.15, 0.2) is 54.6 Å². The van der Waals surface area contributed by atoms with Gasteiger partial charge in [-0.25, -0.2) is 14.4 Å². The molecule has 0 spiro atoms. The normalized spacial score (nSPS) is 24.8. The summed E-state index contributed by atoms with van der Waals surface area (Å²) in [6.07, 6.45) is -0.226. The molecule has 0 unspecified atom stereocenters. The molecule has 1 aliphatic carbocycles. The van der Waals surface area contributed by atoms with E-state index in [4.69, 9.17) is 18.9 Å². The molecular weight excluding hydrogens is 456 g/mol. The van der Waals surface area contributed by atoms with Gasteiger partial charge in [-0.1, -0.05) is 30.3 Å². The van der Waals surface area contributed by atoms with Gasteiger partial charge >= 0.3 is 23.9 Å². The topological polar surface area (TPSA) is 125 Å². The van der Waals surface area contributed by atoms with Crippen molar-refractivity contribution in [2.24, 2.45) is 5.92 Å². The Morgan fingerprint density at radius 3 is 2.49 bits per heavy atom. The van der Waals surface area contributed by atoms with Crippen LogP contribution in [0, 0.1) is 5.92 Å². The lowest BCUT2D eigenvalue weighted by Crippen LogP contribution is -2.49. The molecule has 2 fully saturated rings.